The van der Waals surface area contributed by atoms with Crippen molar-refractivity contribution in [2.75, 3.05) is 47.8 Å². The third kappa shape index (κ3) is 6.48. The average Bonchev–Trinajstić information content (AvgIpc) is 3.43. The first-order valence-electron chi connectivity index (χ1n) is 14.1. The van der Waals surface area contributed by atoms with Gasteiger partial charge in [-0.15, -0.1) is 0 Å². The number of nitrogens with one attached hydrogen (secondary N) is 2. The summed E-state index contributed by atoms with van der Waals surface area (Å²) in [6.07, 6.45) is 9.72. The van der Waals surface area contributed by atoms with Gasteiger partial charge in [0.2, 0.25) is 5.95 Å². The molecule has 1 saturated carbocycles. The van der Waals surface area contributed by atoms with Crippen molar-refractivity contribution in [2.24, 2.45) is 11.8 Å². The quantitative estimate of drug-likeness (QED) is 0.411. The summed E-state index contributed by atoms with van der Waals surface area (Å²) in [5, 5.41) is 8.25. The number of benzene rings is 1. The topological polar surface area (TPSA) is 56.3 Å². The van der Waals surface area contributed by atoms with Gasteiger partial charge in [0.15, 0.2) is 5.11 Å². The van der Waals surface area contributed by atoms with Crippen LogP contribution < -0.4 is 20.4 Å². The van der Waals surface area contributed by atoms with Crippen molar-refractivity contribution in [3.63, 3.8) is 0 Å². The van der Waals surface area contributed by atoms with E-state index in [-0.39, 0.29) is 5.41 Å². The SMILES string of the molecule is CC1CC(C)CN(c2cc(N3CCCC3)nc(NC(=S)NCC3(c4cccc(Cl)c4)CCCCC3)n2)C1. The highest BCUT2D eigenvalue weighted by Crippen LogP contribution is 2.40. The highest BCUT2D eigenvalue weighted by atomic mass is 35.5. The number of rotatable bonds is 6. The lowest BCUT2D eigenvalue weighted by Crippen LogP contribution is -2.44. The predicted octanol–water partition coefficient (Wildman–Crippen LogP) is 6.40. The van der Waals surface area contributed by atoms with E-state index < -0.39 is 0 Å². The Bertz CT molecular complexity index is 1070. The van der Waals surface area contributed by atoms with Gasteiger partial charge in [-0.3, -0.25) is 0 Å². The van der Waals surface area contributed by atoms with E-state index in [1.807, 2.05) is 6.07 Å². The van der Waals surface area contributed by atoms with Gasteiger partial charge in [0, 0.05) is 49.2 Å². The Morgan fingerprint density at radius 1 is 0.973 bits per heavy atom. The van der Waals surface area contributed by atoms with Gasteiger partial charge >= 0.3 is 0 Å². The molecule has 3 fully saturated rings. The van der Waals surface area contributed by atoms with Crippen molar-refractivity contribution in [1.29, 1.82) is 0 Å². The van der Waals surface area contributed by atoms with E-state index in [0.29, 0.717) is 22.9 Å². The molecule has 1 aromatic carbocycles. The summed E-state index contributed by atoms with van der Waals surface area (Å²) in [5.74, 6) is 3.91. The highest BCUT2D eigenvalue weighted by molar-refractivity contribution is 7.80. The van der Waals surface area contributed by atoms with Crippen LogP contribution in [0.5, 0.6) is 0 Å². The molecule has 8 heteroatoms. The molecule has 200 valence electrons. The van der Waals surface area contributed by atoms with E-state index >= 15 is 0 Å². The molecule has 3 heterocycles. The first-order chi connectivity index (χ1) is 17.9. The van der Waals surface area contributed by atoms with Crippen LogP contribution in [0.1, 0.15) is 70.8 Å². The van der Waals surface area contributed by atoms with Crippen LogP contribution in [0.3, 0.4) is 0 Å². The van der Waals surface area contributed by atoms with Crippen LogP contribution in [0, 0.1) is 11.8 Å². The minimum absolute atomic E-state index is 0.0401. The maximum atomic E-state index is 6.38. The third-order valence-corrected chi connectivity index (χ3v) is 8.86. The molecule has 5 rings (SSSR count). The van der Waals surface area contributed by atoms with Gasteiger partial charge in [-0.2, -0.15) is 9.97 Å². The molecule has 6 nitrogen and oxygen atoms in total. The van der Waals surface area contributed by atoms with Gasteiger partial charge in [0.05, 0.1) is 0 Å². The second-order valence-electron chi connectivity index (χ2n) is 11.6. The van der Waals surface area contributed by atoms with Crippen LogP contribution in [-0.2, 0) is 5.41 Å². The standard InChI is InChI=1S/C29H41ClN6S/c1-21-15-22(2)19-36(18-21)26-17-25(35-13-6-7-14-35)32-27(33-26)34-28(37)31-20-29(11-4-3-5-12-29)23-9-8-10-24(30)16-23/h8-10,16-17,21-22H,3-7,11-15,18-20H2,1-2H3,(H2,31,32,33,34,37). The van der Waals surface area contributed by atoms with Crippen LogP contribution in [0.4, 0.5) is 17.6 Å². The summed E-state index contributed by atoms with van der Waals surface area (Å²) in [6.45, 7) is 9.62. The molecule has 3 aliphatic rings. The summed E-state index contributed by atoms with van der Waals surface area (Å²) in [4.78, 5) is 14.7. The highest BCUT2D eigenvalue weighted by Gasteiger charge is 2.34. The van der Waals surface area contributed by atoms with Gasteiger partial charge in [0.1, 0.15) is 11.6 Å². The molecule has 2 saturated heterocycles. The van der Waals surface area contributed by atoms with E-state index in [4.69, 9.17) is 33.8 Å². The third-order valence-electron chi connectivity index (χ3n) is 8.38. The maximum Gasteiger partial charge on any atom is 0.232 e. The first kappa shape index (κ1) is 26.5. The number of aromatic nitrogens is 2. The van der Waals surface area contributed by atoms with E-state index in [1.54, 1.807) is 0 Å². The van der Waals surface area contributed by atoms with Crippen LogP contribution in [-0.4, -0.2) is 47.8 Å². The first-order valence-corrected chi connectivity index (χ1v) is 14.9. The molecule has 0 spiro atoms. The fraction of sp³-hybridized carbons (Fsp3) is 0.621. The summed E-state index contributed by atoms with van der Waals surface area (Å²) < 4.78 is 0. The Kier molecular flexibility index (Phi) is 8.40. The monoisotopic (exact) mass is 540 g/mol. The lowest BCUT2D eigenvalue weighted by atomic mass is 9.69. The summed E-state index contributed by atoms with van der Waals surface area (Å²) in [5.41, 5.74) is 1.34. The van der Waals surface area contributed by atoms with Crippen molar-refractivity contribution in [3.8, 4) is 0 Å². The van der Waals surface area contributed by atoms with Crippen LogP contribution >= 0.6 is 23.8 Å². The molecule has 2 aromatic rings. The zero-order valence-electron chi connectivity index (χ0n) is 22.3. The minimum Gasteiger partial charge on any atom is -0.361 e. The Hall–Kier alpha value is -2.12. The largest absolute Gasteiger partial charge is 0.361 e. The van der Waals surface area contributed by atoms with Gasteiger partial charge in [-0.1, -0.05) is 56.8 Å². The lowest BCUT2D eigenvalue weighted by molar-refractivity contribution is 0.292. The van der Waals surface area contributed by atoms with Crippen LogP contribution in [0.25, 0.3) is 0 Å². The molecule has 1 aliphatic carbocycles. The van der Waals surface area contributed by atoms with Gasteiger partial charge < -0.3 is 20.4 Å². The van der Waals surface area contributed by atoms with Crippen molar-refractivity contribution >= 4 is 46.5 Å². The smallest absolute Gasteiger partial charge is 0.232 e. The van der Waals surface area contributed by atoms with Crippen molar-refractivity contribution in [3.05, 3.63) is 40.9 Å². The van der Waals surface area contributed by atoms with Crippen molar-refractivity contribution in [1.82, 2.24) is 15.3 Å². The second-order valence-corrected chi connectivity index (χ2v) is 12.5. The van der Waals surface area contributed by atoms with Crippen LogP contribution in [0.15, 0.2) is 30.3 Å². The van der Waals surface area contributed by atoms with Gasteiger partial charge in [0.25, 0.3) is 0 Å². The Balaban J connectivity index is 1.33. The maximum absolute atomic E-state index is 6.38. The number of piperidine rings is 1. The minimum atomic E-state index is 0.0401. The molecule has 0 radical (unpaired) electrons. The molecule has 2 atom stereocenters. The van der Waals surface area contributed by atoms with Crippen molar-refractivity contribution in [2.45, 2.75) is 70.6 Å². The van der Waals surface area contributed by atoms with E-state index in [9.17, 15) is 0 Å². The number of nitrogens with zero attached hydrogens (tertiary/aromatic N) is 4. The molecule has 2 aliphatic heterocycles. The van der Waals surface area contributed by atoms with E-state index in [2.05, 4.69) is 58.5 Å². The summed E-state index contributed by atoms with van der Waals surface area (Å²) in [7, 11) is 0. The summed E-state index contributed by atoms with van der Waals surface area (Å²) >= 11 is 12.2. The molecule has 2 N–H and O–H groups in total. The zero-order valence-corrected chi connectivity index (χ0v) is 23.9. The molecule has 37 heavy (non-hydrogen) atoms. The van der Waals surface area contributed by atoms with E-state index in [1.165, 1.54) is 44.1 Å². The number of thiocarbonyl (C=S) groups is 1. The Labute approximate surface area is 232 Å². The predicted molar refractivity (Wildman–Crippen MR) is 159 cm³/mol. The molecule has 0 bridgehead atoms. The van der Waals surface area contributed by atoms with Crippen molar-refractivity contribution < 1.29 is 0 Å². The number of anilines is 3. The molecular formula is C29H41ClN6S. The molecular weight excluding hydrogens is 500 g/mol. The lowest BCUT2D eigenvalue weighted by Gasteiger charge is -2.38. The normalized spacial score (nSPS) is 23.6. The number of hydrogen-bond donors (Lipinski definition) is 2. The molecule has 1 aromatic heterocycles. The van der Waals surface area contributed by atoms with Crippen LogP contribution in [0.2, 0.25) is 5.02 Å². The Morgan fingerprint density at radius 3 is 2.32 bits per heavy atom. The number of halogens is 1. The van der Waals surface area contributed by atoms with E-state index in [0.717, 1.165) is 62.2 Å². The summed E-state index contributed by atoms with van der Waals surface area (Å²) in [6, 6.07) is 10.5. The fourth-order valence-electron chi connectivity index (χ4n) is 6.61. The Morgan fingerprint density at radius 2 is 1.65 bits per heavy atom. The number of hydrogen-bond acceptors (Lipinski definition) is 5. The van der Waals surface area contributed by atoms with Gasteiger partial charge in [-0.05, 0) is 73.9 Å². The molecule has 2 unspecified atom stereocenters. The fourth-order valence-corrected chi connectivity index (χ4v) is 6.96. The average molecular weight is 541 g/mol. The second kappa shape index (κ2) is 11.7. The molecule has 0 amide bonds. The van der Waals surface area contributed by atoms with Gasteiger partial charge in [-0.25, -0.2) is 0 Å². The zero-order chi connectivity index (χ0) is 25.8.